The summed E-state index contributed by atoms with van der Waals surface area (Å²) < 4.78 is 37.6. The van der Waals surface area contributed by atoms with Crippen molar-refractivity contribution in [1.82, 2.24) is 10.2 Å². The van der Waals surface area contributed by atoms with Crippen molar-refractivity contribution in [3.63, 3.8) is 0 Å². The van der Waals surface area contributed by atoms with Crippen LogP contribution in [0.3, 0.4) is 0 Å². The Balaban J connectivity index is 1.60. The predicted molar refractivity (Wildman–Crippen MR) is 72.9 cm³/mol. The lowest BCUT2D eigenvalue weighted by molar-refractivity contribution is -0.137. The Morgan fingerprint density at radius 2 is 1.90 bits per heavy atom. The Labute approximate surface area is 121 Å². The molecule has 116 valence electrons. The SMILES string of the molecule is OC1CC2CNC(Cc3ccc(C(F)(F)F)cc3)CN2C1. The quantitative estimate of drug-likeness (QED) is 0.872. The molecule has 0 spiro atoms. The number of nitrogens with one attached hydrogen (secondary N) is 1. The zero-order valence-corrected chi connectivity index (χ0v) is 11.6. The van der Waals surface area contributed by atoms with Crippen LogP contribution in [-0.2, 0) is 12.6 Å². The number of alkyl halides is 3. The fourth-order valence-electron chi connectivity index (χ4n) is 3.29. The molecule has 21 heavy (non-hydrogen) atoms. The van der Waals surface area contributed by atoms with Crippen LogP contribution >= 0.6 is 0 Å². The van der Waals surface area contributed by atoms with Crippen molar-refractivity contribution in [3.05, 3.63) is 35.4 Å². The summed E-state index contributed by atoms with van der Waals surface area (Å²) in [6, 6.07) is 6.00. The summed E-state index contributed by atoms with van der Waals surface area (Å²) in [6.07, 6.45) is -3.01. The Kier molecular flexibility index (Phi) is 3.94. The van der Waals surface area contributed by atoms with Crippen molar-refractivity contribution in [2.24, 2.45) is 0 Å². The van der Waals surface area contributed by atoms with Gasteiger partial charge in [-0.3, -0.25) is 4.90 Å². The fourth-order valence-corrected chi connectivity index (χ4v) is 3.29. The van der Waals surface area contributed by atoms with Crippen LogP contribution in [0.25, 0.3) is 0 Å². The molecule has 3 nitrogen and oxygen atoms in total. The molecule has 0 amide bonds. The highest BCUT2D eigenvalue weighted by atomic mass is 19.4. The van der Waals surface area contributed by atoms with Gasteiger partial charge in [-0.05, 0) is 30.5 Å². The molecule has 1 aromatic carbocycles. The van der Waals surface area contributed by atoms with Gasteiger partial charge in [0.1, 0.15) is 0 Å². The van der Waals surface area contributed by atoms with Gasteiger partial charge in [0, 0.05) is 31.7 Å². The summed E-state index contributed by atoms with van der Waals surface area (Å²) in [7, 11) is 0. The van der Waals surface area contributed by atoms with Gasteiger partial charge >= 0.3 is 6.18 Å². The molecule has 3 unspecified atom stereocenters. The second-order valence-electron chi connectivity index (χ2n) is 6.00. The monoisotopic (exact) mass is 300 g/mol. The van der Waals surface area contributed by atoms with Crippen LogP contribution in [0.2, 0.25) is 0 Å². The first-order chi connectivity index (χ1) is 9.91. The number of hydrogen-bond donors (Lipinski definition) is 2. The van der Waals surface area contributed by atoms with Crippen LogP contribution in [0.15, 0.2) is 24.3 Å². The van der Waals surface area contributed by atoms with E-state index in [2.05, 4.69) is 10.2 Å². The lowest BCUT2D eigenvalue weighted by Gasteiger charge is -2.36. The summed E-state index contributed by atoms with van der Waals surface area (Å²) in [5.74, 6) is 0. The van der Waals surface area contributed by atoms with Gasteiger partial charge in [-0.15, -0.1) is 0 Å². The van der Waals surface area contributed by atoms with Gasteiger partial charge in [0.05, 0.1) is 11.7 Å². The smallest absolute Gasteiger partial charge is 0.392 e. The molecule has 3 rings (SSSR count). The van der Waals surface area contributed by atoms with Crippen molar-refractivity contribution < 1.29 is 18.3 Å². The van der Waals surface area contributed by atoms with Crippen LogP contribution < -0.4 is 5.32 Å². The summed E-state index contributed by atoms with van der Waals surface area (Å²) in [6.45, 7) is 2.38. The van der Waals surface area contributed by atoms with E-state index in [-0.39, 0.29) is 12.1 Å². The number of piperazine rings is 1. The maximum Gasteiger partial charge on any atom is 0.416 e. The maximum atomic E-state index is 12.5. The van der Waals surface area contributed by atoms with E-state index in [9.17, 15) is 18.3 Å². The van der Waals surface area contributed by atoms with Crippen LogP contribution in [-0.4, -0.2) is 47.8 Å². The van der Waals surface area contributed by atoms with Crippen LogP contribution in [0.5, 0.6) is 0 Å². The van der Waals surface area contributed by atoms with E-state index >= 15 is 0 Å². The molecule has 6 heteroatoms. The molecule has 0 aromatic heterocycles. The largest absolute Gasteiger partial charge is 0.416 e. The van der Waals surface area contributed by atoms with E-state index < -0.39 is 11.7 Å². The van der Waals surface area contributed by atoms with Gasteiger partial charge in [-0.1, -0.05) is 12.1 Å². The molecule has 2 aliphatic rings. The predicted octanol–water partition coefficient (Wildman–Crippen LogP) is 1.65. The van der Waals surface area contributed by atoms with Crippen LogP contribution in [0, 0.1) is 0 Å². The molecule has 0 saturated carbocycles. The maximum absolute atomic E-state index is 12.5. The minimum atomic E-state index is -4.28. The zero-order chi connectivity index (χ0) is 15.0. The third-order valence-electron chi connectivity index (χ3n) is 4.37. The molecule has 1 aromatic rings. The number of halogens is 3. The molecular weight excluding hydrogens is 281 g/mol. The van der Waals surface area contributed by atoms with Crippen molar-refractivity contribution in [3.8, 4) is 0 Å². The minimum Gasteiger partial charge on any atom is -0.392 e. The number of aliphatic hydroxyl groups excluding tert-OH is 1. The Morgan fingerprint density at radius 1 is 1.19 bits per heavy atom. The van der Waals surface area contributed by atoms with E-state index in [1.54, 1.807) is 12.1 Å². The first kappa shape index (κ1) is 14.8. The summed E-state index contributed by atoms with van der Waals surface area (Å²) in [5, 5.41) is 13.1. The molecule has 0 bridgehead atoms. The van der Waals surface area contributed by atoms with Gasteiger partial charge < -0.3 is 10.4 Å². The van der Waals surface area contributed by atoms with Crippen LogP contribution in [0.1, 0.15) is 17.5 Å². The lowest BCUT2D eigenvalue weighted by atomic mass is 10.0. The third-order valence-corrected chi connectivity index (χ3v) is 4.37. The molecule has 2 saturated heterocycles. The molecule has 2 N–H and O–H groups in total. The molecule has 2 aliphatic heterocycles. The number of fused-ring (bicyclic) bond motifs is 1. The van der Waals surface area contributed by atoms with E-state index in [0.717, 1.165) is 37.2 Å². The zero-order valence-electron chi connectivity index (χ0n) is 11.6. The van der Waals surface area contributed by atoms with Gasteiger partial charge in [-0.2, -0.15) is 13.2 Å². The average molecular weight is 300 g/mol. The topological polar surface area (TPSA) is 35.5 Å². The normalized spacial score (nSPS) is 30.4. The van der Waals surface area contributed by atoms with Gasteiger partial charge in [0.15, 0.2) is 0 Å². The molecule has 3 atom stereocenters. The standard InChI is InChI=1S/C15H19F3N2O/c16-15(17,18)11-3-1-10(2-4-11)5-12-8-20-9-14(21)6-13(20)7-19-12/h1-4,12-14,19,21H,5-9H2. The molecule has 0 aliphatic carbocycles. The second kappa shape index (κ2) is 5.59. The molecule has 2 heterocycles. The Bertz CT molecular complexity index is 489. The van der Waals surface area contributed by atoms with Gasteiger partial charge in [0.2, 0.25) is 0 Å². The van der Waals surface area contributed by atoms with Crippen molar-refractivity contribution >= 4 is 0 Å². The fraction of sp³-hybridized carbons (Fsp3) is 0.600. The first-order valence-corrected chi connectivity index (χ1v) is 7.23. The Hall–Kier alpha value is -1.11. The van der Waals surface area contributed by atoms with Crippen molar-refractivity contribution in [1.29, 1.82) is 0 Å². The number of nitrogens with zero attached hydrogens (tertiary/aromatic N) is 1. The minimum absolute atomic E-state index is 0.225. The molecule has 2 fully saturated rings. The van der Waals surface area contributed by atoms with Crippen molar-refractivity contribution in [2.45, 2.75) is 37.2 Å². The summed E-state index contributed by atoms with van der Waals surface area (Å²) in [4.78, 5) is 2.27. The van der Waals surface area contributed by atoms with Gasteiger partial charge in [0.25, 0.3) is 0 Å². The Morgan fingerprint density at radius 3 is 2.57 bits per heavy atom. The van der Waals surface area contributed by atoms with E-state index in [1.165, 1.54) is 0 Å². The van der Waals surface area contributed by atoms with Crippen LogP contribution in [0.4, 0.5) is 13.2 Å². The third kappa shape index (κ3) is 3.39. The lowest BCUT2D eigenvalue weighted by Crippen LogP contribution is -2.54. The van der Waals surface area contributed by atoms with Crippen molar-refractivity contribution in [2.75, 3.05) is 19.6 Å². The highest BCUT2D eigenvalue weighted by Crippen LogP contribution is 2.29. The second-order valence-corrected chi connectivity index (χ2v) is 6.00. The number of rotatable bonds is 2. The van der Waals surface area contributed by atoms with E-state index in [0.29, 0.717) is 19.0 Å². The summed E-state index contributed by atoms with van der Waals surface area (Å²) >= 11 is 0. The molecular formula is C15H19F3N2O. The number of benzene rings is 1. The summed E-state index contributed by atoms with van der Waals surface area (Å²) in [5.41, 5.74) is 0.296. The van der Waals surface area contributed by atoms with E-state index in [1.807, 2.05) is 0 Å². The van der Waals surface area contributed by atoms with E-state index in [4.69, 9.17) is 0 Å². The molecule has 0 radical (unpaired) electrons. The number of hydrogen-bond acceptors (Lipinski definition) is 3. The first-order valence-electron chi connectivity index (χ1n) is 7.23. The average Bonchev–Trinajstić information content (AvgIpc) is 2.78. The highest BCUT2D eigenvalue weighted by molar-refractivity contribution is 5.25. The highest BCUT2D eigenvalue weighted by Gasteiger charge is 2.35. The number of aliphatic hydroxyl groups is 1. The van der Waals surface area contributed by atoms with Gasteiger partial charge in [-0.25, -0.2) is 0 Å².